The van der Waals surface area contributed by atoms with Gasteiger partial charge in [0.1, 0.15) is 0 Å². The SMILES string of the molecule is Cc1ccc(C2(CN3CCC(NC(=O)c4cn(C)nc4C)CC3)CCCCC2)cc1. The van der Waals surface area contributed by atoms with E-state index in [0.29, 0.717) is 11.0 Å². The summed E-state index contributed by atoms with van der Waals surface area (Å²) in [5.41, 5.74) is 4.65. The zero-order valence-electron chi connectivity index (χ0n) is 18.8. The van der Waals surface area contributed by atoms with Gasteiger partial charge in [0.15, 0.2) is 0 Å². The highest BCUT2D eigenvalue weighted by atomic mass is 16.1. The van der Waals surface area contributed by atoms with E-state index in [1.807, 2.05) is 20.2 Å². The second-order valence-corrected chi connectivity index (χ2v) is 9.53. The van der Waals surface area contributed by atoms with Crippen molar-refractivity contribution >= 4 is 5.91 Å². The van der Waals surface area contributed by atoms with E-state index in [4.69, 9.17) is 0 Å². The Bertz CT molecular complexity index is 856. The van der Waals surface area contributed by atoms with Gasteiger partial charge in [-0.2, -0.15) is 5.10 Å². The fraction of sp³-hybridized carbons (Fsp3) is 0.600. The third-order valence-electron chi connectivity index (χ3n) is 7.18. The van der Waals surface area contributed by atoms with Crippen molar-refractivity contribution < 1.29 is 4.79 Å². The van der Waals surface area contributed by atoms with Crippen molar-refractivity contribution in [3.63, 3.8) is 0 Å². The summed E-state index contributed by atoms with van der Waals surface area (Å²) >= 11 is 0. The summed E-state index contributed by atoms with van der Waals surface area (Å²) < 4.78 is 1.71. The van der Waals surface area contributed by atoms with Crippen LogP contribution in [0.15, 0.2) is 30.5 Å². The summed E-state index contributed by atoms with van der Waals surface area (Å²) in [6.07, 6.45) is 10.5. The number of rotatable bonds is 5. The number of benzene rings is 1. The van der Waals surface area contributed by atoms with Gasteiger partial charge in [-0.05, 0) is 45.1 Å². The Kier molecular flexibility index (Phi) is 6.28. The Morgan fingerprint density at radius 2 is 1.77 bits per heavy atom. The standard InChI is InChI=1S/C25H36N4O/c1-19-7-9-21(10-8-19)25(13-5-4-6-14-25)18-29-15-11-22(12-16-29)26-24(30)23-17-28(3)27-20(23)2/h7-10,17,22H,4-6,11-16,18H2,1-3H3,(H,26,30). The number of nitrogens with zero attached hydrogens (tertiary/aromatic N) is 3. The number of aryl methyl sites for hydroxylation is 3. The normalized spacial score (nSPS) is 20.2. The largest absolute Gasteiger partial charge is 0.349 e. The molecule has 162 valence electrons. The Hall–Kier alpha value is -2.14. The predicted molar refractivity (Wildman–Crippen MR) is 121 cm³/mol. The molecule has 0 atom stereocenters. The highest BCUT2D eigenvalue weighted by Crippen LogP contribution is 2.40. The lowest BCUT2D eigenvalue weighted by molar-refractivity contribution is 0.0890. The number of carbonyl (C=O) groups excluding carboxylic acids is 1. The summed E-state index contributed by atoms with van der Waals surface area (Å²) in [6, 6.07) is 9.53. The van der Waals surface area contributed by atoms with E-state index in [0.717, 1.165) is 38.2 Å². The highest BCUT2D eigenvalue weighted by Gasteiger charge is 2.36. The van der Waals surface area contributed by atoms with Crippen LogP contribution in [-0.2, 0) is 12.5 Å². The minimum Gasteiger partial charge on any atom is -0.349 e. The first kappa shape index (κ1) is 21.1. The van der Waals surface area contributed by atoms with Crippen molar-refractivity contribution in [2.75, 3.05) is 19.6 Å². The molecule has 1 aromatic carbocycles. The lowest BCUT2D eigenvalue weighted by Crippen LogP contribution is -2.49. The molecule has 1 aliphatic carbocycles. The minimum atomic E-state index is 0.0162. The molecule has 2 fully saturated rings. The summed E-state index contributed by atoms with van der Waals surface area (Å²) in [6.45, 7) is 7.34. The average molecular weight is 409 g/mol. The van der Waals surface area contributed by atoms with Crippen LogP contribution in [0.4, 0.5) is 0 Å². The van der Waals surface area contributed by atoms with Crippen molar-refractivity contribution in [3.05, 3.63) is 52.8 Å². The zero-order valence-corrected chi connectivity index (χ0v) is 18.8. The molecule has 1 saturated carbocycles. The molecule has 1 aliphatic heterocycles. The maximum absolute atomic E-state index is 12.6. The van der Waals surface area contributed by atoms with E-state index in [-0.39, 0.29) is 11.9 Å². The molecular weight excluding hydrogens is 372 g/mol. The van der Waals surface area contributed by atoms with E-state index in [1.54, 1.807) is 4.68 Å². The number of carbonyl (C=O) groups is 1. The number of hydrogen-bond acceptors (Lipinski definition) is 3. The molecule has 5 nitrogen and oxygen atoms in total. The maximum Gasteiger partial charge on any atom is 0.254 e. The number of nitrogens with one attached hydrogen (secondary N) is 1. The fourth-order valence-corrected chi connectivity index (χ4v) is 5.42. The van der Waals surface area contributed by atoms with Crippen LogP contribution in [0.2, 0.25) is 0 Å². The van der Waals surface area contributed by atoms with Crippen LogP contribution in [0, 0.1) is 13.8 Å². The molecule has 2 heterocycles. The molecule has 1 aromatic heterocycles. The van der Waals surface area contributed by atoms with Crippen LogP contribution >= 0.6 is 0 Å². The lowest BCUT2D eigenvalue weighted by Gasteiger charge is -2.44. The van der Waals surface area contributed by atoms with Crippen LogP contribution in [0.3, 0.4) is 0 Å². The summed E-state index contributed by atoms with van der Waals surface area (Å²) in [7, 11) is 1.86. The van der Waals surface area contributed by atoms with Crippen molar-refractivity contribution in [1.29, 1.82) is 0 Å². The molecule has 5 heteroatoms. The van der Waals surface area contributed by atoms with Gasteiger partial charge >= 0.3 is 0 Å². The van der Waals surface area contributed by atoms with E-state index in [9.17, 15) is 4.79 Å². The smallest absolute Gasteiger partial charge is 0.254 e. The average Bonchev–Trinajstić information content (AvgIpc) is 3.09. The molecule has 1 N–H and O–H groups in total. The third-order valence-corrected chi connectivity index (χ3v) is 7.18. The minimum absolute atomic E-state index is 0.0162. The van der Waals surface area contributed by atoms with Gasteiger partial charge in [0.2, 0.25) is 0 Å². The first-order valence-electron chi connectivity index (χ1n) is 11.6. The Labute approximate surface area is 180 Å². The van der Waals surface area contributed by atoms with Gasteiger partial charge in [-0.1, -0.05) is 49.1 Å². The van der Waals surface area contributed by atoms with Gasteiger partial charge in [-0.25, -0.2) is 0 Å². The van der Waals surface area contributed by atoms with Gasteiger partial charge in [-0.3, -0.25) is 9.48 Å². The monoisotopic (exact) mass is 408 g/mol. The van der Waals surface area contributed by atoms with Gasteiger partial charge in [-0.15, -0.1) is 0 Å². The molecule has 0 bridgehead atoms. The van der Waals surface area contributed by atoms with Gasteiger partial charge in [0.25, 0.3) is 5.91 Å². The molecule has 2 aromatic rings. The van der Waals surface area contributed by atoms with Crippen LogP contribution in [0.25, 0.3) is 0 Å². The molecule has 0 unspecified atom stereocenters. The number of hydrogen-bond donors (Lipinski definition) is 1. The predicted octanol–water partition coefficient (Wildman–Crippen LogP) is 4.13. The van der Waals surface area contributed by atoms with E-state index < -0.39 is 0 Å². The Balaban J connectivity index is 1.36. The molecule has 30 heavy (non-hydrogen) atoms. The van der Waals surface area contributed by atoms with Gasteiger partial charge < -0.3 is 10.2 Å². The molecule has 1 amide bonds. The molecule has 4 rings (SSSR count). The molecule has 1 saturated heterocycles. The van der Waals surface area contributed by atoms with Crippen LogP contribution in [0.1, 0.15) is 72.1 Å². The Morgan fingerprint density at radius 1 is 1.10 bits per heavy atom. The number of piperidine rings is 1. The van der Waals surface area contributed by atoms with Crippen molar-refractivity contribution in [2.45, 2.75) is 70.3 Å². The number of likely N-dealkylation sites (tertiary alicyclic amines) is 1. The van der Waals surface area contributed by atoms with Gasteiger partial charge in [0.05, 0.1) is 11.3 Å². The first-order valence-corrected chi connectivity index (χ1v) is 11.6. The van der Waals surface area contributed by atoms with Crippen LogP contribution in [-0.4, -0.2) is 46.3 Å². The number of amides is 1. The van der Waals surface area contributed by atoms with Crippen molar-refractivity contribution in [1.82, 2.24) is 20.0 Å². The van der Waals surface area contributed by atoms with Crippen molar-refractivity contribution in [3.8, 4) is 0 Å². The van der Waals surface area contributed by atoms with Crippen LogP contribution < -0.4 is 5.32 Å². The molecule has 0 spiro atoms. The highest BCUT2D eigenvalue weighted by molar-refractivity contribution is 5.95. The quantitative estimate of drug-likeness (QED) is 0.809. The number of aromatic nitrogens is 2. The van der Waals surface area contributed by atoms with Crippen molar-refractivity contribution in [2.24, 2.45) is 7.05 Å². The molecule has 0 radical (unpaired) electrons. The summed E-state index contributed by atoms with van der Waals surface area (Å²) in [4.78, 5) is 15.3. The summed E-state index contributed by atoms with van der Waals surface area (Å²) in [5, 5.41) is 7.53. The molecular formula is C25H36N4O. The second kappa shape index (κ2) is 8.93. The maximum atomic E-state index is 12.6. The van der Waals surface area contributed by atoms with E-state index in [2.05, 4.69) is 46.5 Å². The van der Waals surface area contributed by atoms with Gasteiger partial charge in [0, 0.05) is 44.3 Å². The van der Waals surface area contributed by atoms with E-state index >= 15 is 0 Å². The first-order chi connectivity index (χ1) is 14.4. The van der Waals surface area contributed by atoms with Crippen LogP contribution in [0.5, 0.6) is 0 Å². The summed E-state index contributed by atoms with van der Waals surface area (Å²) in [5.74, 6) is 0.0162. The zero-order chi connectivity index (χ0) is 21.1. The van der Waals surface area contributed by atoms with E-state index in [1.165, 1.54) is 43.2 Å². The topological polar surface area (TPSA) is 50.2 Å². The third kappa shape index (κ3) is 4.61. The fourth-order valence-electron chi connectivity index (χ4n) is 5.42. The molecule has 2 aliphatic rings. The lowest BCUT2D eigenvalue weighted by atomic mass is 9.69. The second-order valence-electron chi connectivity index (χ2n) is 9.53. The Morgan fingerprint density at radius 3 is 2.37 bits per heavy atom.